The first-order valence-corrected chi connectivity index (χ1v) is 9.22. The molecule has 1 N–H and O–H groups in total. The van der Waals surface area contributed by atoms with Gasteiger partial charge < -0.3 is 19.2 Å². The molecule has 0 fully saturated rings. The van der Waals surface area contributed by atoms with Gasteiger partial charge >= 0.3 is 11.6 Å². The van der Waals surface area contributed by atoms with Gasteiger partial charge in [0.1, 0.15) is 11.3 Å². The summed E-state index contributed by atoms with van der Waals surface area (Å²) in [6.45, 7) is 2.92. The lowest BCUT2D eigenvalue weighted by molar-refractivity contribution is 0.0500. The predicted octanol–water partition coefficient (Wildman–Crippen LogP) is 4.37. The smallest absolute Gasteiger partial charge is 0.338 e. The van der Waals surface area contributed by atoms with E-state index >= 15 is 0 Å². The molecule has 0 amide bonds. The summed E-state index contributed by atoms with van der Waals surface area (Å²) in [6.07, 6.45) is 1.84. The Labute approximate surface area is 163 Å². The highest BCUT2D eigenvalue weighted by atomic mass is 16.5. The monoisotopic (exact) mass is 381 g/mol. The van der Waals surface area contributed by atoms with Crippen LogP contribution in [0.3, 0.4) is 0 Å². The predicted molar refractivity (Wildman–Crippen MR) is 108 cm³/mol. The summed E-state index contributed by atoms with van der Waals surface area (Å²) in [5, 5.41) is 4.10. The number of fused-ring (bicyclic) bond motifs is 1. The van der Waals surface area contributed by atoms with Crippen molar-refractivity contribution in [1.29, 1.82) is 0 Å². The van der Waals surface area contributed by atoms with Gasteiger partial charge in [-0.15, -0.1) is 0 Å². The first-order valence-electron chi connectivity index (χ1n) is 9.22. The minimum absolute atomic E-state index is 0.319. The van der Waals surface area contributed by atoms with Crippen LogP contribution in [0.5, 0.6) is 5.75 Å². The van der Waals surface area contributed by atoms with Gasteiger partial charge in [0.05, 0.1) is 19.3 Å². The number of nitrogens with one attached hydrogen (secondary N) is 1. The molecule has 0 radical (unpaired) electrons. The van der Waals surface area contributed by atoms with E-state index in [4.69, 9.17) is 13.9 Å². The molecule has 1 aromatic heterocycles. The van der Waals surface area contributed by atoms with E-state index in [1.165, 1.54) is 6.07 Å². The van der Waals surface area contributed by atoms with Crippen molar-refractivity contribution in [3.63, 3.8) is 0 Å². The minimum Gasteiger partial charge on any atom is -0.497 e. The fourth-order valence-corrected chi connectivity index (χ4v) is 2.80. The number of carbonyl (C=O) groups excluding carboxylic acids is 1. The van der Waals surface area contributed by atoms with Crippen LogP contribution in [0.1, 0.15) is 35.7 Å². The van der Waals surface area contributed by atoms with Crippen molar-refractivity contribution in [2.24, 2.45) is 0 Å². The molecule has 0 saturated carbocycles. The van der Waals surface area contributed by atoms with Gasteiger partial charge in [-0.3, -0.25) is 0 Å². The van der Waals surface area contributed by atoms with Gasteiger partial charge in [0.15, 0.2) is 0 Å². The van der Waals surface area contributed by atoms with Gasteiger partial charge in [-0.25, -0.2) is 9.59 Å². The molecule has 0 aliphatic rings. The Morgan fingerprint density at radius 1 is 1.11 bits per heavy atom. The van der Waals surface area contributed by atoms with Crippen molar-refractivity contribution in [3.8, 4) is 5.75 Å². The number of hydrogen-bond acceptors (Lipinski definition) is 6. The normalized spacial score (nSPS) is 10.6. The molecule has 1 heterocycles. The van der Waals surface area contributed by atoms with Crippen molar-refractivity contribution in [3.05, 3.63) is 70.1 Å². The molecule has 0 bridgehead atoms. The molecule has 2 aromatic carbocycles. The third-order valence-corrected chi connectivity index (χ3v) is 4.37. The van der Waals surface area contributed by atoms with Crippen LogP contribution in [0, 0.1) is 0 Å². The van der Waals surface area contributed by atoms with Gasteiger partial charge in [0.2, 0.25) is 0 Å². The summed E-state index contributed by atoms with van der Waals surface area (Å²) in [6, 6.07) is 13.9. The first-order chi connectivity index (χ1) is 13.6. The Hall–Kier alpha value is -3.28. The number of ether oxygens (including phenoxy) is 2. The van der Waals surface area contributed by atoms with Crippen molar-refractivity contribution in [1.82, 2.24) is 0 Å². The molecule has 28 heavy (non-hydrogen) atoms. The van der Waals surface area contributed by atoms with E-state index in [0.29, 0.717) is 30.0 Å². The van der Waals surface area contributed by atoms with Gasteiger partial charge in [0.25, 0.3) is 0 Å². The largest absolute Gasteiger partial charge is 0.497 e. The Bertz CT molecular complexity index is 1010. The fraction of sp³-hybridized carbons (Fsp3) is 0.273. The molecule has 0 aliphatic heterocycles. The number of rotatable bonds is 8. The topological polar surface area (TPSA) is 77.8 Å². The highest BCUT2D eigenvalue weighted by Gasteiger charge is 2.09. The molecule has 0 aliphatic carbocycles. The number of hydrogen-bond donors (Lipinski definition) is 1. The average molecular weight is 381 g/mol. The van der Waals surface area contributed by atoms with Crippen LogP contribution in [0.25, 0.3) is 11.0 Å². The summed E-state index contributed by atoms with van der Waals surface area (Å²) >= 11 is 0. The summed E-state index contributed by atoms with van der Waals surface area (Å²) in [5.41, 5.74) is 2.23. The highest BCUT2D eigenvalue weighted by molar-refractivity contribution is 5.89. The Balaban J connectivity index is 1.70. The summed E-state index contributed by atoms with van der Waals surface area (Å²) in [7, 11) is 1.56. The second-order valence-electron chi connectivity index (χ2n) is 6.37. The van der Waals surface area contributed by atoms with Crippen LogP contribution in [-0.2, 0) is 11.3 Å². The quantitative estimate of drug-likeness (QED) is 0.355. The highest BCUT2D eigenvalue weighted by Crippen LogP contribution is 2.23. The molecule has 6 heteroatoms. The number of benzene rings is 2. The zero-order valence-electron chi connectivity index (χ0n) is 16.0. The maximum Gasteiger partial charge on any atom is 0.338 e. The third kappa shape index (κ3) is 4.71. The van der Waals surface area contributed by atoms with E-state index in [1.807, 2.05) is 31.2 Å². The second kappa shape index (κ2) is 9.08. The number of esters is 1. The van der Waals surface area contributed by atoms with Crippen LogP contribution >= 0.6 is 0 Å². The Morgan fingerprint density at radius 3 is 2.61 bits per heavy atom. The molecule has 146 valence electrons. The fourth-order valence-electron chi connectivity index (χ4n) is 2.80. The minimum atomic E-state index is -0.414. The van der Waals surface area contributed by atoms with E-state index < -0.39 is 5.63 Å². The van der Waals surface area contributed by atoms with E-state index in [-0.39, 0.29) is 5.97 Å². The van der Waals surface area contributed by atoms with Gasteiger partial charge in [0, 0.05) is 29.8 Å². The molecule has 3 aromatic rings. The lowest BCUT2D eigenvalue weighted by atomic mass is 10.1. The van der Waals surface area contributed by atoms with Gasteiger partial charge in [-0.1, -0.05) is 13.3 Å². The molecule has 0 atom stereocenters. The van der Waals surface area contributed by atoms with Gasteiger partial charge in [-0.2, -0.15) is 0 Å². The van der Waals surface area contributed by atoms with Crippen molar-refractivity contribution in [2.45, 2.75) is 26.3 Å². The van der Waals surface area contributed by atoms with Crippen LogP contribution in [0.2, 0.25) is 0 Å². The van der Waals surface area contributed by atoms with E-state index in [1.54, 1.807) is 25.3 Å². The molecule has 0 unspecified atom stereocenters. The zero-order chi connectivity index (χ0) is 19.9. The van der Waals surface area contributed by atoms with Crippen LogP contribution < -0.4 is 15.7 Å². The van der Waals surface area contributed by atoms with E-state index in [2.05, 4.69) is 5.32 Å². The Morgan fingerprint density at radius 2 is 1.89 bits per heavy atom. The number of unbranched alkanes of at least 4 members (excludes halogenated alkanes) is 1. The maximum atomic E-state index is 11.9. The molecule has 6 nitrogen and oxygen atoms in total. The molecular weight excluding hydrogens is 358 g/mol. The first kappa shape index (κ1) is 19.5. The van der Waals surface area contributed by atoms with E-state index in [0.717, 1.165) is 29.5 Å². The van der Waals surface area contributed by atoms with Crippen LogP contribution in [0.4, 0.5) is 5.69 Å². The average Bonchev–Trinajstić information content (AvgIpc) is 2.71. The molecule has 0 saturated heterocycles. The maximum absolute atomic E-state index is 11.9. The molecule has 0 spiro atoms. The van der Waals surface area contributed by atoms with E-state index in [9.17, 15) is 9.59 Å². The third-order valence-electron chi connectivity index (χ3n) is 4.37. The standard InChI is InChI=1S/C22H23NO5/c1-3-4-11-27-22(25)15-5-7-17(8-6-15)23-14-16-12-21(24)28-20-13-18(26-2)9-10-19(16)20/h5-10,12-13,23H,3-4,11,14H2,1-2H3. The summed E-state index contributed by atoms with van der Waals surface area (Å²) in [5.74, 6) is 0.308. The van der Waals surface area contributed by atoms with Gasteiger partial charge in [-0.05, 0) is 48.4 Å². The lowest BCUT2D eigenvalue weighted by Crippen LogP contribution is -2.07. The zero-order valence-corrected chi connectivity index (χ0v) is 16.0. The number of carbonyl (C=O) groups is 1. The Kier molecular flexibility index (Phi) is 6.32. The lowest BCUT2D eigenvalue weighted by Gasteiger charge is -2.10. The SMILES string of the molecule is CCCCOC(=O)c1ccc(NCc2cc(=O)oc3cc(OC)ccc23)cc1. The second-order valence-corrected chi connectivity index (χ2v) is 6.37. The molecule has 3 rings (SSSR count). The van der Waals surface area contributed by atoms with Crippen molar-refractivity contribution >= 4 is 22.6 Å². The van der Waals surface area contributed by atoms with Crippen LogP contribution in [0.15, 0.2) is 57.7 Å². The number of anilines is 1. The summed E-state index contributed by atoms with van der Waals surface area (Å²) < 4.78 is 15.6. The molecular formula is C22H23NO5. The van der Waals surface area contributed by atoms with Crippen LogP contribution in [-0.4, -0.2) is 19.7 Å². The number of methoxy groups -OCH3 is 1. The summed E-state index contributed by atoms with van der Waals surface area (Å²) in [4.78, 5) is 23.8. The van der Waals surface area contributed by atoms with Crippen molar-refractivity contribution in [2.75, 3.05) is 19.0 Å². The van der Waals surface area contributed by atoms with Crippen molar-refractivity contribution < 1.29 is 18.7 Å².